The van der Waals surface area contributed by atoms with Crippen molar-refractivity contribution in [2.75, 3.05) is 5.06 Å². The van der Waals surface area contributed by atoms with E-state index in [1.54, 1.807) is 12.1 Å². The average Bonchev–Trinajstić information content (AvgIpc) is 2.12. The Balaban J connectivity index is 2.52. The van der Waals surface area contributed by atoms with Crippen LogP contribution in [0.3, 0.4) is 0 Å². The van der Waals surface area contributed by atoms with Gasteiger partial charge in [-0.2, -0.15) is 0 Å². The standard InChI is InChI=1S/C9H9NO2/c11-9-6-5-7-3-1-2-4-8(7)10(9)12/h1-6,9,11-12H. The Labute approximate surface area is 70.1 Å². The van der Waals surface area contributed by atoms with E-state index >= 15 is 0 Å². The molecule has 1 aliphatic heterocycles. The van der Waals surface area contributed by atoms with E-state index in [9.17, 15) is 10.3 Å². The first-order valence-electron chi connectivity index (χ1n) is 3.72. The monoisotopic (exact) mass is 163 g/mol. The van der Waals surface area contributed by atoms with Gasteiger partial charge >= 0.3 is 0 Å². The van der Waals surface area contributed by atoms with Gasteiger partial charge in [0.2, 0.25) is 0 Å². The predicted octanol–water partition coefficient (Wildman–Crippen LogP) is 1.23. The smallest absolute Gasteiger partial charge is 0.170 e. The molecule has 62 valence electrons. The van der Waals surface area contributed by atoms with E-state index < -0.39 is 6.23 Å². The number of aliphatic hydroxyl groups excluding tert-OH is 1. The zero-order valence-corrected chi connectivity index (χ0v) is 6.38. The lowest BCUT2D eigenvalue weighted by molar-refractivity contribution is 0.0983. The van der Waals surface area contributed by atoms with E-state index in [0.717, 1.165) is 10.6 Å². The molecule has 0 saturated carbocycles. The number of nitrogens with zero attached hydrogens (tertiary/aromatic N) is 1. The van der Waals surface area contributed by atoms with Gasteiger partial charge in [0.15, 0.2) is 6.23 Å². The molecule has 1 aromatic carbocycles. The minimum Gasteiger partial charge on any atom is -0.368 e. The molecule has 0 bridgehead atoms. The topological polar surface area (TPSA) is 43.7 Å². The third-order valence-corrected chi connectivity index (χ3v) is 1.88. The van der Waals surface area contributed by atoms with Gasteiger partial charge in [0.05, 0.1) is 5.69 Å². The Morgan fingerprint density at radius 3 is 2.83 bits per heavy atom. The third kappa shape index (κ3) is 0.995. The Hall–Kier alpha value is -1.32. The molecule has 3 nitrogen and oxygen atoms in total. The summed E-state index contributed by atoms with van der Waals surface area (Å²) in [5, 5.41) is 19.4. The van der Waals surface area contributed by atoms with Gasteiger partial charge in [-0.3, -0.25) is 5.21 Å². The van der Waals surface area contributed by atoms with E-state index in [2.05, 4.69) is 0 Å². The van der Waals surface area contributed by atoms with Crippen LogP contribution in [0.4, 0.5) is 5.69 Å². The first kappa shape index (κ1) is 7.34. The largest absolute Gasteiger partial charge is 0.368 e. The Kier molecular flexibility index (Phi) is 1.60. The summed E-state index contributed by atoms with van der Waals surface area (Å²) in [6.45, 7) is 0. The van der Waals surface area contributed by atoms with Crippen LogP contribution in [0.5, 0.6) is 0 Å². The zero-order chi connectivity index (χ0) is 8.55. The van der Waals surface area contributed by atoms with Crippen LogP contribution in [-0.4, -0.2) is 16.5 Å². The zero-order valence-electron chi connectivity index (χ0n) is 6.38. The van der Waals surface area contributed by atoms with Crippen molar-refractivity contribution >= 4 is 11.8 Å². The number of hydroxylamine groups is 1. The highest BCUT2D eigenvalue weighted by Gasteiger charge is 2.17. The van der Waals surface area contributed by atoms with Crippen molar-refractivity contribution in [3.8, 4) is 0 Å². The van der Waals surface area contributed by atoms with Crippen LogP contribution in [0.25, 0.3) is 6.08 Å². The van der Waals surface area contributed by atoms with Crippen molar-refractivity contribution in [2.45, 2.75) is 6.23 Å². The molecule has 0 amide bonds. The molecule has 0 saturated heterocycles. The number of rotatable bonds is 0. The normalized spacial score (nSPS) is 20.8. The highest BCUT2D eigenvalue weighted by molar-refractivity contribution is 5.70. The molecule has 1 heterocycles. The Bertz CT molecular complexity index is 322. The average molecular weight is 163 g/mol. The van der Waals surface area contributed by atoms with Crippen molar-refractivity contribution in [3.05, 3.63) is 35.9 Å². The lowest BCUT2D eigenvalue weighted by Crippen LogP contribution is -2.32. The molecule has 0 aliphatic carbocycles. The van der Waals surface area contributed by atoms with E-state index in [4.69, 9.17) is 0 Å². The second kappa shape index (κ2) is 2.62. The van der Waals surface area contributed by atoms with Crippen LogP contribution >= 0.6 is 0 Å². The Morgan fingerprint density at radius 2 is 2.00 bits per heavy atom. The number of fused-ring (bicyclic) bond motifs is 1. The van der Waals surface area contributed by atoms with Gasteiger partial charge in [0.25, 0.3) is 0 Å². The van der Waals surface area contributed by atoms with Gasteiger partial charge in [0, 0.05) is 5.56 Å². The maximum atomic E-state index is 9.36. The summed E-state index contributed by atoms with van der Waals surface area (Å²) in [6.07, 6.45) is 2.38. The van der Waals surface area contributed by atoms with Crippen LogP contribution in [0.2, 0.25) is 0 Å². The van der Waals surface area contributed by atoms with Crippen molar-refractivity contribution in [1.29, 1.82) is 0 Å². The number of aliphatic hydroxyl groups is 1. The van der Waals surface area contributed by atoms with E-state index in [-0.39, 0.29) is 0 Å². The van der Waals surface area contributed by atoms with Crippen LogP contribution in [0.15, 0.2) is 30.3 Å². The van der Waals surface area contributed by atoms with E-state index in [0.29, 0.717) is 5.69 Å². The lowest BCUT2D eigenvalue weighted by atomic mass is 10.1. The molecule has 3 heteroatoms. The number of hydrogen-bond donors (Lipinski definition) is 2. The second-order valence-electron chi connectivity index (χ2n) is 2.68. The first-order chi connectivity index (χ1) is 5.79. The quantitative estimate of drug-likeness (QED) is 0.604. The van der Waals surface area contributed by atoms with E-state index in [1.807, 2.05) is 18.2 Å². The summed E-state index contributed by atoms with van der Waals surface area (Å²) in [5.74, 6) is 0. The van der Waals surface area contributed by atoms with Crippen LogP contribution < -0.4 is 5.06 Å². The molecule has 0 aromatic heterocycles. The fourth-order valence-electron chi connectivity index (χ4n) is 1.25. The molecule has 12 heavy (non-hydrogen) atoms. The number of para-hydroxylation sites is 1. The maximum absolute atomic E-state index is 9.36. The molecule has 1 aliphatic rings. The third-order valence-electron chi connectivity index (χ3n) is 1.88. The number of hydrogen-bond acceptors (Lipinski definition) is 3. The second-order valence-corrected chi connectivity index (χ2v) is 2.68. The molecule has 1 atom stereocenters. The van der Waals surface area contributed by atoms with Gasteiger partial charge in [-0.1, -0.05) is 24.3 Å². The van der Waals surface area contributed by atoms with Gasteiger partial charge in [-0.05, 0) is 12.1 Å². The fraction of sp³-hybridized carbons (Fsp3) is 0.111. The molecule has 0 fully saturated rings. The summed E-state index contributed by atoms with van der Waals surface area (Å²) in [7, 11) is 0. The van der Waals surface area contributed by atoms with Gasteiger partial charge in [0.1, 0.15) is 0 Å². The molecule has 0 spiro atoms. The number of anilines is 1. The molecule has 0 radical (unpaired) electrons. The fourth-order valence-corrected chi connectivity index (χ4v) is 1.25. The van der Waals surface area contributed by atoms with Crippen molar-refractivity contribution in [3.63, 3.8) is 0 Å². The SMILES string of the molecule is OC1C=Cc2ccccc2N1O. The minimum atomic E-state index is -0.931. The molecule has 2 rings (SSSR count). The summed E-state index contributed by atoms with van der Waals surface area (Å²) < 4.78 is 0. The molecule has 1 aromatic rings. The van der Waals surface area contributed by atoms with Crippen LogP contribution in [0.1, 0.15) is 5.56 Å². The van der Waals surface area contributed by atoms with Crippen molar-refractivity contribution in [1.82, 2.24) is 0 Å². The van der Waals surface area contributed by atoms with Crippen LogP contribution in [0, 0.1) is 0 Å². The molecule has 1 unspecified atom stereocenters. The van der Waals surface area contributed by atoms with Crippen molar-refractivity contribution < 1.29 is 10.3 Å². The predicted molar refractivity (Wildman–Crippen MR) is 45.7 cm³/mol. The van der Waals surface area contributed by atoms with Gasteiger partial charge in [-0.15, -0.1) is 0 Å². The van der Waals surface area contributed by atoms with Gasteiger partial charge in [-0.25, -0.2) is 5.06 Å². The molecular weight excluding hydrogens is 154 g/mol. The maximum Gasteiger partial charge on any atom is 0.170 e. The Morgan fingerprint density at radius 1 is 1.25 bits per heavy atom. The summed E-state index contributed by atoms with van der Waals surface area (Å²) in [4.78, 5) is 0. The summed E-state index contributed by atoms with van der Waals surface area (Å²) in [5.41, 5.74) is 1.54. The molecule has 2 N–H and O–H groups in total. The lowest BCUT2D eigenvalue weighted by Gasteiger charge is -2.25. The van der Waals surface area contributed by atoms with E-state index in [1.165, 1.54) is 6.08 Å². The molecular formula is C9H9NO2. The first-order valence-corrected chi connectivity index (χ1v) is 3.72. The summed E-state index contributed by atoms with van der Waals surface area (Å²) in [6, 6.07) is 7.33. The van der Waals surface area contributed by atoms with Crippen molar-refractivity contribution in [2.24, 2.45) is 0 Å². The minimum absolute atomic E-state index is 0.632. The highest BCUT2D eigenvalue weighted by Crippen LogP contribution is 2.25. The van der Waals surface area contributed by atoms with Gasteiger partial charge < -0.3 is 5.11 Å². The highest BCUT2D eigenvalue weighted by atomic mass is 16.5. The number of benzene rings is 1. The summed E-state index contributed by atoms with van der Waals surface area (Å²) >= 11 is 0. The van der Waals surface area contributed by atoms with Crippen LogP contribution in [-0.2, 0) is 0 Å².